The van der Waals surface area contributed by atoms with Gasteiger partial charge >= 0.3 is 0 Å². The van der Waals surface area contributed by atoms with E-state index in [2.05, 4.69) is 5.10 Å². The highest BCUT2D eigenvalue weighted by Gasteiger charge is 2.28. The summed E-state index contributed by atoms with van der Waals surface area (Å²) in [5, 5.41) is 5.06. The summed E-state index contributed by atoms with van der Waals surface area (Å²) >= 11 is 1.82. The number of fused-ring (bicyclic) bond motifs is 1. The second-order valence-corrected chi connectivity index (χ2v) is 8.86. The van der Waals surface area contributed by atoms with Crippen molar-refractivity contribution >= 4 is 23.6 Å². The molecule has 0 atom stereocenters. The van der Waals surface area contributed by atoms with Crippen molar-refractivity contribution in [2.24, 2.45) is 0 Å². The van der Waals surface area contributed by atoms with Crippen molar-refractivity contribution in [2.75, 3.05) is 31.9 Å². The van der Waals surface area contributed by atoms with Gasteiger partial charge in [-0.1, -0.05) is 12.8 Å². The molecule has 1 saturated heterocycles. The van der Waals surface area contributed by atoms with Gasteiger partial charge in [0.25, 0.3) is 5.91 Å². The molecule has 0 N–H and O–H groups in total. The Bertz CT molecular complexity index is 660. The number of hydrogen-bond acceptors (Lipinski definition) is 4. The highest BCUT2D eigenvalue weighted by molar-refractivity contribution is 8.00. The average Bonchev–Trinajstić information content (AvgIpc) is 3.35. The van der Waals surface area contributed by atoms with E-state index in [0.29, 0.717) is 37.2 Å². The molecule has 0 spiro atoms. The largest absolute Gasteiger partial charge is 0.338 e. The highest BCUT2D eigenvalue weighted by Crippen LogP contribution is 2.29. The zero-order valence-corrected chi connectivity index (χ0v) is 16.2. The molecule has 3 aliphatic rings. The molecule has 6 nitrogen and oxygen atoms in total. The Hall–Kier alpha value is -1.50. The minimum atomic E-state index is 0.0839. The van der Waals surface area contributed by atoms with Crippen LogP contribution in [0.4, 0.5) is 0 Å². The molecule has 1 aromatic rings. The summed E-state index contributed by atoms with van der Waals surface area (Å²) in [6.07, 6.45) is 10.1. The molecule has 0 aromatic carbocycles. The predicted octanol–water partition coefficient (Wildman–Crippen LogP) is 2.18. The van der Waals surface area contributed by atoms with E-state index in [0.717, 1.165) is 37.1 Å². The van der Waals surface area contributed by atoms with Crippen molar-refractivity contribution in [3.63, 3.8) is 0 Å². The van der Waals surface area contributed by atoms with Crippen LogP contribution in [0, 0.1) is 0 Å². The average molecular weight is 377 g/mol. The van der Waals surface area contributed by atoms with Crippen LogP contribution in [0.2, 0.25) is 0 Å². The summed E-state index contributed by atoms with van der Waals surface area (Å²) in [6.45, 7) is 3.48. The zero-order valence-electron chi connectivity index (χ0n) is 15.4. The number of carbonyl (C=O) groups is 2. The quantitative estimate of drug-likeness (QED) is 0.808. The van der Waals surface area contributed by atoms with Crippen LogP contribution >= 0.6 is 11.8 Å². The van der Waals surface area contributed by atoms with Crippen LogP contribution in [0.5, 0.6) is 0 Å². The molecule has 1 aromatic heterocycles. The van der Waals surface area contributed by atoms with Gasteiger partial charge in [-0.05, 0) is 32.1 Å². The SMILES string of the molecule is O=C(CSC1CCCC1)N1CCN(C(=O)c2cnn3c2CCCC3)CC1. The first kappa shape index (κ1) is 17.9. The Morgan fingerprint density at radius 3 is 2.50 bits per heavy atom. The molecule has 0 bridgehead atoms. The summed E-state index contributed by atoms with van der Waals surface area (Å²) < 4.78 is 1.98. The number of nitrogens with zero attached hydrogens (tertiary/aromatic N) is 4. The number of aromatic nitrogens is 2. The molecule has 2 amide bonds. The van der Waals surface area contributed by atoms with E-state index in [1.807, 2.05) is 26.2 Å². The van der Waals surface area contributed by atoms with Crippen molar-refractivity contribution in [3.05, 3.63) is 17.5 Å². The Kier molecular flexibility index (Phi) is 5.52. The lowest BCUT2D eigenvalue weighted by Crippen LogP contribution is -2.51. The molecule has 0 unspecified atom stereocenters. The fourth-order valence-electron chi connectivity index (χ4n) is 4.26. The maximum absolute atomic E-state index is 12.9. The molecule has 7 heteroatoms. The van der Waals surface area contributed by atoms with Crippen LogP contribution in [0.25, 0.3) is 0 Å². The number of piperazine rings is 1. The van der Waals surface area contributed by atoms with Crippen LogP contribution in [-0.4, -0.2) is 68.6 Å². The molecule has 26 heavy (non-hydrogen) atoms. The summed E-state index contributed by atoms with van der Waals surface area (Å²) in [5.41, 5.74) is 1.86. The van der Waals surface area contributed by atoms with E-state index in [9.17, 15) is 9.59 Å². The van der Waals surface area contributed by atoms with E-state index in [1.54, 1.807) is 6.20 Å². The Morgan fingerprint density at radius 1 is 1.00 bits per heavy atom. The molecule has 4 rings (SSSR count). The smallest absolute Gasteiger partial charge is 0.257 e. The fraction of sp³-hybridized carbons (Fsp3) is 0.737. The lowest BCUT2D eigenvalue weighted by molar-refractivity contribution is -0.129. The van der Waals surface area contributed by atoms with Crippen LogP contribution in [-0.2, 0) is 17.8 Å². The van der Waals surface area contributed by atoms with Crippen LogP contribution in [0.15, 0.2) is 6.20 Å². The standard InChI is InChI=1S/C19H28N4O2S/c24-18(14-26-15-5-1-2-6-15)21-9-11-22(12-10-21)19(25)16-13-20-23-8-4-3-7-17(16)23/h13,15H,1-12,14H2. The minimum absolute atomic E-state index is 0.0839. The number of rotatable bonds is 4. The monoisotopic (exact) mass is 376 g/mol. The summed E-state index contributed by atoms with van der Waals surface area (Å²) in [4.78, 5) is 29.1. The van der Waals surface area contributed by atoms with E-state index in [1.165, 1.54) is 25.7 Å². The maximum Gasteiger partial charge on any atom is 0.257 e. The van der Waals surface area contributed by atoms with Gasteiger partial charge in [0.15, 0.2) is 0 Å². The normalized spacial score (nSPS) is 21.1. The van der Waals surface area contributed by atoms with Gasteiger partial charge < -0.3 is 9.80 Å². The molecule has 3 heterocycles. The zero-order chi connectivity index (χ0) is 17.9. The van der Waals surface area contributed by atoms with Crippen molar-refractivity contribution in [2.45, 2.75) is 56.7 Å². The molecule has 2 fully saturated rings. The highest BCUT2D eigenvalue weighted by atomic mass is 32.2. The van der Waals surface area contributed by atoms with Gasteiger partial charge in [0, 0.05) is 38.0 Å². The Morgan fingerprint density at radius 2 is 1.73 bits per heavy atom. The Labute approximate surface area is 159 Å². The molecular weight excluding hydrogens is 348 g/mol. The van der Waals surface area contributed by atoms with Crippen molar-refractivity contribution in [3.8, 4) is 0 Å². The van der Waals surface area contributed by atoms with Crippen molar-refractivity contribution in [1.29, 1.82) is 0 Å². The number of hydrogen-bond donors (Lipinski definition) is 0. The molecular formula is C19H28N4O2S. The molecule has 1 saturated carbocycles. The third kappa shape index (κ3) is 3.77. The Balaban J connectivity index is 1.28. The topological polar surface area (TPSA) is 58.4 Å². The third-order valence-corrected chi connectivity index (χ3v) is 7.23. The van der Waals surface area contributed by atoms with Gasteiger partial charge in [-0.3, -0.25) is 14.3 Å². The summed E-state index contributed by atoms with van der Waals surface area (Å²) in [7, 11) is 0. The lowest BCUT2D eigenvalue weighted by Gasteiger charge is -2.35. The summed E-state index contributed by atoms with van der Waals surface area (Å²) in [6, 6.07) is 0. The molecule has 0 radical (unpaired) electrons. The second kappa shape index (κ2) is 8.03. The van der Waals surface area contributed by atoms with Crippen LogP contribution < -0.4 is 0 Å². The molecule has 142 valence electrons. The van der Waals surface area contributed by atoms with Gasteiger partial charge in [0.05, 0.1) is 23.2 Å². The van der Waals surface area contributed by atoms with Crippen LogP contribution in [0.1, 0.15) is 54.6 Å². The van der Waals surface area contributed by atoms with E-state index in [4.69, 9.17) is 0 Å². The van der Waals surface area contributed by atoms with E-state index in [-0.39, 0.29) is 11.8 Å². The fourth-order valence-corrected chi connectivity index (χ4v) is 5.49. The summed E-state index contributed by atoms with van der Waals surface area (Å²) in [5.74, 6) is 0.910. The van der Waals surface area contributed by atoms with Gasteiger partial charge in [-0.15, -0.1) is 11.8 Å². The molecule has 1 aliphatic carbocycles. The van der Waals surface area contributed by atoms with Crippen molar-refractivity contribution < 1.29 is 9.59 Å². The maximum atomic E-state index is 12.9. The van der Waals surface area contributed by atoms with E-state index < -0.39 is 0 Å². The number of thioether (sulfide) groups is 1. The first-order chi connectivity index (χ1) is 12.7. The number of aryl methyl sites for hydroxylation is 1. The third-order valence-electron chi connectivity index (χ3n) is 5.88. The number of amides is 2. The van der Waals surface area contributed by atoms with Gasteiger partial charge in [-0.2, -0.15) is 5.10 Å². The second-order valence-electron chi connectivity index (χ2n) is 7.58. The number of carbonyl (C=O) groups excluding carboxylic acids is 2. The lowest BCUT2D eigenvalue weighted by atomic mass is 10.1. The predicted molar refractivity (Wildman–Crippen MR) is 102 cm³/mol. The molecule has 2 aliphatic heterocycles. The first-order valence-electron chi connectivity index (χ1n) is 9.96. The van der Waals surface area contributed by atoms with Gasteiger partial charge in [-0.25, -0.2) is 0 Å². The first-order valence-corrected chi connectivity index (χ1v) is 11.0. The van der Waals surface area contributed by atoms with E-state index >= 15 is 0 Å². The van der Waals surface area contributed by atoms with Gasteiger partial charge in [0.2, 0.25) is 5.91 Å². The van der Waals surface area contributed by atoms with Crippen LogP contribution in [0.3, 0.4) is 0 Å². The minimum Gasteiger partial charge on any atom is -0.338 e. The van der Waals surface area contributed by atoms with Gasteiger partial charge in [0.1, 0.15) is 0 Å². The van der Waals surface area contributed by atoms with Crippen molar-refractivity contribution in [1.82, 2.24) is 19.6 Å².